The summed E-state index contributed by atoms with van der Waals surface area (Å²) in [5.74, 6) is 2.01. The Labute approximate surface area is 147 Å². The molecule has 0 amide bonds. The number of nitrogens with zero attached hydrogens (tertiary/aromatic N) is 3. The number of guanidine groups is 1. The second-order valence-electron chi connectivity index (χ2n) is 6.51. The highest BCUT2D eigenvalue weighted by molar-refractivity contribution is 5.79. The third-order valence-electron chi connectivity index (χ3n) is 4.21. The van der Waals surface area contributed by atoms with Crippen LogP contribution in [0.25, 0.3) is 0 Å². The second kappa shape index (κ2) is 11.1. The van der Waals surface area contributed by atoms with Gasteiger partial charge in [0, 0.05) is 19.2 Å². The van der Waals surface area contributed by atoms with E-state index in [4.69, 9.17) is 4.52 Å². The molecule has 1 unspecified atom stereocenters. The highest BCUT2D eigenvalue weighted by Gasteiger charge is 2.10. The summed E-state index contributed by atoms with van der Waals surface area (Å²) in [6.45, 7) is 14.8. The highest BCUT2D eigenvalue weighted by atomic mass is 16.5. The molecule has 1 aromatic rings. The van der Waals surface area contributed by atoms with Crippen LogP contribution in [0, 0.1) is 0 Å². The maximum Gasteiger partial charge on any atom is 0.191 e. The van der Waals surface area contributed by atoms with Gasteiger partial charge in [0.05, 0.1) is 12.2 Å². The third-order valence-corrected chi connectivity index (χ3v) is 4.21. The van der Waals surface area contributed by atoms with Crippen LogP contribution in [0.15, 0.2) is 15.6 Å². The monoisotopic (exact) mass is 337 g/mol. The number of aliphatic imine (C=N–C) groups is 1. The highest BCUT2D eigenvalue weighted by Crippen LogP contribution is 2.13. The minimum Gasteiger partial charge on any atom is -0.359 e. The van der Waals surface area contributed by atoms with Gasteiger partial charge in [-0.1, -0.05) is 32.9 Å². The Bertz CT molecular complexity index is 480. The van der Waals surface area contributed by atoms with E-state index in [1.54, 1.807) is 7.05 Å². The molecule has 138 valence electrons. The first-order valence-electron chi connectivity index (χ1n) is 9.15. The smallest absolute Gasteiger partial charge is 0.191 e. The molecular formula is C18H35N5O. The van der Waals surface area contributed by atoms with Crippen LogP contribution in [0.1, 0.15) is 64.8 Å². The molecule has 1 heterocycles. The second-order valence-corrected chi connectivity index (χ2v) is 6.51. The fraction of sp³-hybridized carbons (Fsp3) is 0.778. The molecule has 0 radical (unpaired) electrons. The van der Waals surface area contributed by atoms with Gasteiger partial charge in [0.25, 0.3) is 0 Å². The summed E-state index contributed by atoms with van der Waals surface area (Å²) in [5.41, 5.74) is 0.986. The minimum absolute atomic E-state index is 0.380. The van der Waals surface area contributed by atoms with E-state index in [0.717, 1.165) is 43.5 Å². The normalized spacial score (nSPS) is 13.6. The van der Waals surface area contributed by atoms with Gasteiger partial charge in [-0.05, 0) is 45.3 Å². The molecule has 0 bridgehead atoms. The molecular weight excluding hydrogens is 302 g/mol. The standard InChI is InChI=1S/C18H35N5O/c1-7-23(8-2)11-9-10-15(5)21-18(19-6)20-13-16-12-17(14(3)4)22-24-16/h12,14-15H,7-11,13H2,1-6H3,(H2,19,20,21). The molecule has 6 heteroatoms. The van der Waals surface area contributed by atoms with Crippen LogP contribution >= 0.6 is 0 Å². The van der Waals surface area contributed by atoms with Crippen molar-refractivity contribution in [3.05, 3.63) is 17.5 Å². The van der Waals surface area contributed by atoms with Crippen molar-refractivity contribution in [1.29, 1.82) is 0 Å². The van der Waals surface area contributed by atoms with E-state index in [0.29, 0.717) is 18.5 Å². The number of aromatic nitrogens is 1. The summed E-state index contributed by atoms with van der Waals surface area (Å²) in [6, 6.07) is 2.38. The van der Waals surface area contributed by atoms with Gasteiger partial charge in [-0.2, -0.15) is 0 Å². The molecule has 6 nitrogen and oxygen atoms in total. The topological polar surface area (TPSA) is 65.7 Å². The molecule has 24 heavy (non-hydrogen) atoms. The average molecular weight is 338 g/mol. The van der Waals surface area contributed by atoms with Gasteiger partial charge in [-0.3, -0.25) is 4.99 Å². The van der Waals surface area contributed by atoms with Crippen LogP contribution in [0.4, 0.5) is 0 Å². The maximum absolute atomic E-state index is 5.34. The molecule has 0 saturated carbocycles. The fourth-order valence-corrected chi connectivity index (χ4v) is 2.52. The largest absolute Gasteiger partial charge is 0.359 e. The van der Waals surface area contributed by atoms with Crippen LogP contribution in [0.2, 0.25) is 0 Å². The molecule has 0 aromatic carbocycles. The predicted octanol–water partition coefficient (Wildman–Crippen LogP) is 2.97. The molecule has 0 saturated heterocycles. The quantitative estimate of drug-likeness (QED) is 0.507. The van der Waals surface area contributed by atoms with Crippen molar-refractivity contribution >= 4 is 5.96 Å². The van der Waals surface area contributed by atoms with E-state index in [2.05, 4.69) is 60.3 Å². The molecule has 0 fully saturated rings. The van der Waals surface area contributed by atoms with Crippen molar-refractivity contribution in [3.8, 4) is 0 Å². The molecule has 1 atom stereocenters. The van der Waals surface area contributed by atoms with Gasteiger partial charge in [-0.15, -0.1) is 0 Å². The summed E-state index contributed by atoms with van der Waals surface area (Å²) < 4.78 is 5.34. The van der Waals surface area contributed by atoms with Crippen molar-refractivity contribution in [2.24, 2.45) is 4.99 Å². The summed E-state index contributed by atoms with van der Waals surface area (Å²) in [6.07, 6.45) is 2.31. The molecule has 0 aliphatic carbocycles. The van der Waals surface area contributed by atoms with E-state index >= 15 is 0 Å². The lowest BCUT2D eigenvalue weighted by atomic mass is 10.1. The summed E-state index contributed by atoms with van der Waals surface area (Å²) >= 11 is 0. The first-order valence-corrected chi connectivity index (χ1v) is 9.15. The fourth-order valence-electron chi connectivity index (χ4n) is 2.52. The van der Waals surface area contributed by atoms with Crippen molar-refractivity contribution in [2.75, 3.05) is 26.7 Å². The molecule has 0 aliphatic rings. The Hall–Kier alpha value is -1.56. The van der Waals surface area contributed by atoms with Crippen molar-refractivity contribution in [3.63, 3.8) is 0 Å². The van der Waals surface area contributed by atoms with Gasteiger partial charge in [-0.25, -0.2) is 0 Å². The molecule has 1 aromatic heterocycles. The Morgan fingerprint density at radius 3 is 2.54 bits per heavy atom. The Kier molecular flexibility index (Phi) is 9.45. The lowest BCUT2D eigenvalue weighted by Gasteiger charge is -2.21. The maximum atomic E-state index is 5.34. The minimum atomic E-state index is 0.380. The van der Waals surface area contributed by atoms with Crippen LogP contribution in [-0.2, 0) is 6.54 Å². The average Bonchev–Trinajstić information content (AvgIpc) is 3.04. The Balaban J connectivity index is 2.33. The zero-order chi connectivity index (χ0) is 17.9. The lowest BCUT2D eigenvalue weighted by molar-refractivity contribution is 0.292. The summed E-state index contributed by atoms with van der Waals surface area (Å²) in [7, 11) is 1.79. The van der Waals surface area contributed by atoms with Gasteiger partial charge >= 0.3 is 0 Å². The predicted molar refractivity (Wildman–Crippen MR) is 100 cm³/mol. The molecule has 1 rings (SSSR count). The summed E-state index contributed by atoms with van der Waals surface area (Å²) in [5, 5.41) is 10.8. The number of rotatable bonds is 10. The van der Waals surface area contributed by atoms with Crippen LogP contribution < -0.4 is 10.6 Å². The van der Waals surface area contributed by atoms with Crippen molar-refractivity contribution in [2.45, 2.75) is 66.0 Å². The van der Waals surface area contributed by atoms with Gasteiger partial charge < -0.3 is 20.1 Å². The molecule has 2 N–H and O–H groups in total. The van der Waals surface area contributed by atoms with Crippen LogP contribution in [-0.4, -0.2) is 48.7 Å². The number of hydrogen-bond acceptors (Lipinski definition) is 4. The van der Waals surface area contributed by atoms with Gasteiger partial charge in [0.15, 0.2) is 11.7 Å². The van der Waals surface area contributed by atoms with E-state index in [9.17, 15) is 0 Å². The van der Waals surface area contributed by atoms with Crippen LogP contribution in [0.5, 0.6) is 0 Å². The zero-order valence-corrected chi connectivity index (χ0v) is 16.2. The first-order chi connectivity index (χ1) is 11.5. The van der Waals surface area contributed by atoms with Crippen molar-refractivity contribution in [1.82, 2.24) is 20.7 Å². The Morgan fingerprint density at radius 2 is 2.00 bits per heavy atom. The van der Waals surface area contributed by atoms with E-state index < -0.39 is 0 Å². The first kappa shape index (κ1) is 20.5. The third kappa shape index (κ3) is 7.34. The molecule has 0 aliphatic heterocycles. The van der Waals surface area contributed by atoms with Crippen LogP contribution in [0.3, 0.4) is 0 Å². The van der Waals surface area contributed by atoms with E-state index in [1.807, 2.05) is 6.07 Å². The SMILES string of the molecule is CCN(CC)CCCC(C)NC(=NC)NCc1cc(C(C)C)no1. The van der Waals surface area contributed by atoms with Gasteiger partial charge in [0.2, 0.25) is 0 Å². The zero-order valence-electron chi connectivity index (χ0n) is 16.2. The number of hydrogen-bond donors (Lipinski definition) is 2. The lowest BCUT2D eigenvalue weighted by Crippen LogP contribution is -2.42. The Morgan fingerprint density at radius 1 is 1.29 bits per heavy atom. The number of nitrogens with one attached hydrogen (secondary N) is 2. The summed E-state index contributed by atoms with van der Waals surface area (Å²) in [4.78, 5) is 6.74. The van der Waals surface area contributed by atoms with Crippen molar-refractivity contribution < 1.29 is 4.52 Å². The van der Waals surface area contributed by atoms with E-state index in [-0.39, 0.29) is 0 Å². The molecule has 0 spiro atoms. The van der Waals surface area contributed by atoms with E-state index in [1.165, 1.54) is 6.42 Å². The van der Waals surface area contributed by atoms with Gasteiger partial charge in [0.1, 0.15) is 0 Å².